The molecule has 110 valence electrons. The first kappa shape index (κ1) is 17.4. The number of hydrogen-bond donors (Lipinski definition) is 4. The fourth-order valence-electron chi connectivity index (χ4n) is 2.53. The van der Waals surface area contributed by atoms with Crippen LogP contribution in [0.1, 0.15) is 34.1 Å². The molecule has 0 aromatic rings. The molecular formula is C12H20O7. The van der Waals surface area contributed by atoms with Crippen molar-refractivity contribution in [1.82, 2.24) is 0 Å². The molecule has 7 heteroatoms. The van der Waals surface area contributed by atoms with E-state index in [0.29, 0.717) is 0 Å². The van der Waals surface area contributed by atoms with E-state index in [2.05, 4.69) is 0 Å². The van der Waals surface area contributed by atoms with Crippen molar-refractivity contribution in [3.8, 4) is 0 Å². The van der Waals surface area contributed by atoms with Gasteiger partial charge in [-0.25, -0.2) is 4.79 Å². The summed E-state index contributed by atoms with van der Waals surface area (Å²) in [7, 11) is 0. The number of carboxylic acid groups (broad SMARTS) is 3. The summed E-state index contributed by atoms with van der Waals surface area (Å²) in [6.07, 6.45) is -2.61. The van der Waals surface area contributed by atoms with Gasteiger partial charge in [0.25, 0.3) is 0 Å². The molecule has 0 aliphatic rings. The minimum Gasteiger partial charge on any atom is -0.481 e. The molecule has 0 spiro atoms. The Hall–Kier alpha value is -1.63. The normalized spacial score (nSPS) is 18.2. The van der Waals surface area contributed by atoms with Crippen LogP contribution < -0.4 is 0 Å². The van der Waals surface area contributed by atoms with Crippen LogP contribution in [0.15, 0.2) is 0 Å². The Bertz CT molecular complexity index is 382. The Labute approximate surface area is 110 Å². The molecule has 0 amide bonds. The number of carboxylic acids is 3. The van der Waals surface area contributed by atoms with Crippen LogP contribution in [-0.4, -0.2) is 44.4 Å². The molecule has 7 nitrogen and oxygen atoms in total. The largest absolute Gasteiger partial charge is 0.481 e. The summed E-state index contributed by atoms with van der Waals surface area (Å²) >= 11 is 0. The molecular weight excluding hydrogens is 256 g/mol. The van der Waals surface area contributed by atoms with Crippen molar-refractivity contribution in [2.45, 2.75) is 40.2 Å². The first-order chi connectivity index (χ1) is 8.42. The molecule has 19 heavy (non-hydrogen) atoms. The van der Waals surface area contributed by atoms with Crippen LogP contribution >= 0.6 is 0 Å². The highest BCUT2D eigenvalue weighted by Crippen LogP contribution is 2.46. The molecule has 0 aliphatic heterocycles. The van der Waals surface area contributed by atoms with Crippen LogP contribution in [0.5, 0.6) is 0 Å². The van der Waals surface area contributed by atoms with E-state index in [1.54, 1.807) is 0 Å². The Morgan fingerprint density at radius 2 is 1.42 bits per heavy atom. The van der Waals surface area contributed by atoms with Crippen LogP contribution in [0, 0.1) is 16.7 Å². The predicted molar refractivity (Wildman–Crippen MR) is 64.6 cm³/mol. The first-order valence-electron chi connectivity index (χ1n) is 5.80. The number of aliphatic hydroxyl groups excluding tert-OH is 1. The second-order valence-corrected chi connectivity index (χ2v) is 5.58. The highest BCUT2D eigenvalue weighted by Gasteiger charge is 2.59. The molecule has 0 aromatic carbocycles. The lowest BCUT2D eigenvalue weighted by Gasteiger charge is -2.42. The van der Waals surface area contributed by atoms with Crippen molar-refractivity contribution in [1.29, 1.82) is 0 Å². The maximum Gasteiger partial charge on any atom is 0.333 e. The SMILES string of the molecule is CC[C@@](C(=O)O)(C(C(=O)O)C(C)(C)C)[C@H](O)C(=O)O. The maximum atomic E-state index is 11.5. The Morgan fingerprint density at radius 1 is 1.00 bits per heavy atom. The number of rotatable bonds is 6. The summed E-state index contributed by atoms with van der Waals surface area (Å²) in [6, 6.07) is 0. The van der Waals surface area contributed by atoms with Gasteiger partial charge in [-0.1, -0.05) is 27.7 Å². The van der Waals surface area contributed by atoms with Gasteiger partial charge in [0.2, 0.25) is 0 Å². The summed E-state index contributed by atoms with van der Waals surface area (Å²) in [5.74, 6) is -6.38. The van der Waals surface area contributed by atoms with Crippen molar-refractivity contribution < 1.29 is 34.8 Å². The van der Waals surface area contributed by atoms with Crippen molar-refractivity contribution in [2.24, 2.45) is 16.7 Å². The van der Waals surface area contributed by atoms with Crippen LogP contribution in [0.4, 0.5) is 0 Å². The van der Waals surface area contributed by atoms with E-state index in [-0.39, 0.29) is 6.42 Å². The highest BCUT2D eigenvalue weighted by molar-refractivity contribution is 5.90. The molecule has 3 atom stereocenters. The zero-order chi connectivity index (χ0) is 15.6. The van der Waals surface area contributed by atoms with E-state index in [0.717, 1.165) is 0 Å². The minimum atomic E-state index is -2.30. The van der Waals surface area contributed by atoms with Gasteiger partial charge in [-0.05, 0) is 11.8 Å². The molecule has 1 unspecified atom stereocenters. The third-order valence-corrected chi connectivity index (χ3v) is 3.33. The monoisotopic (exact) mass is 276 g/mol. The minimum absolute atomic E-state index is 0.315. The molecule has 0 heterocycles. The van der Waals surface area contributed by atoms with E-state index >= 15 is 0 Å². The molecule has 4 N–H and O–H groups in total. The van der Waals surface area contributed by atoms with Crippen LogP contribution in [0.3, 0.4) is 0 Å². The quantitative estimate of drug-likeness (QED) is 0.560. The van der Waals surface area contributed by atoms with Gasteiger partial charge < -0.3 is 20.4 Å². The average Bonchev–Trinajstić information content (AvgIpc) is 2.21. The molecule has 0 aromatic heterocycles. The van der Waals surface area contributed by atoms with Gasteiger partial charge in [-0.3, -0.25) is 9.59 Å². The second-order valence-electron chi connectivity index (χ2n) is 5.58. The van der Waals surface area contributed by atoms with Crippen molar-refractivity contribution >= 4 is 17.9 Å². The van der Waals surface area contributed by atoms with E-state index in [1.807, 2.05) is 0 Å². The van der Waals surface area contributed by atoms with Gasteiger partial charge in [0.1, 0.15) is 5.41 Å². The smallest absolute Gasteiger partial charge is 0.333 e. The number of aliphatic carboxylic acids is 3. The molecule has 0 saturated carbocycles. The Balaban J connectivity index is 6.17. The van der Waals surface area contributed by atoms with Gasteiger partial charge in [-0.2, -0.15) is 0 Å². The zero-order valence-electron chi connectivity index (χ0n) is 11.4. The van der Waals surface area contributed by atoms with E-state index < -0.39 is 40.8 Å². The standard InChI is InChI=1S/C12H20O7/c1-5-12(10(18)19,7(13)9(16)17)6(8(14)15)11(2,3)4/h6-7,13H,5H2,1-4H3,(H,14,15)(H,16,17)(H,18,19)/t6?,7-,12-/m1/s1. The lowest BCUT2D eigenvalue weighted by atomic mass is 9.60. The Kier molecular flexibility index (Phi) is 5.08. The third kappa shape index (κ3) is 3.04. The van der Waals surface area contributed by atoms with Crippen LogP contribution in [-0.2, 0) is 14.4 Å². The molecule has 0 radical (unpaired) electrons. The first-order valence-corrected chi connectivity index (χ1v) is 5.80. The van der Waals surface area contributed by atoms with Crippen molar-refractivity contribution in [3.63, 3.8) is 0 Å². The number of hydrogen-bond acceptors (Lipinski definition) is 4. The fraction of sp³-hybridized carbons (Fsp3) is 0.750. The highest BCUT2D eigenvalue weighted by atomic mass is 16.4. The predicted octanol–water partition coefficient (Wildman–Crippen LogP) is 0.660. The van der Waals surface area contributed by atoms with E-state index in [4.69, 9.17) is 5.11 Å². The van der Waals surface area contributed by atoms with Gasteiger partial charge in [-0.15, -0.1) is 0 Å². The maximum absolute atomic E-state index is 11.5. The summed E-state index contributed by atoms with van der Waals surface area (Å²) in [6.45, 7) is 5.83. The molecule has 0 fully saturated rings. The lowest BCUT2D eigenvalue weighted by molar-refractivity contribution is -0.188. The summed E-state index contributed by atoms with van der Waals surface area (Å²) in [5, 5.41) is 37.3. The van der Waals surface area contributed by atoms with E-state index in [9.17, 15) is 29.7 Å². The van der Waals surface area contributed by atoms with Crippen molar-refractivity contribution in [2.75, 3.05) is 0 Å². The molecule has 0 saturated heterocycles. The van der Waals surface area contributed by atoms with Crippen LogP contribution in [0.25, 0.3) is 0 Å². The number of aliphatic hydroxyl groups is 1. The van der Waals surface area contributed by atoms with Gasteiger partial charge in [0.05, 0.1) is 5.92 Å². The van der Waals surface area contributed by atoms with Gasteiger partial charge in [0.15, 0.2) is 6.10 Å². The third-order valence-electron chi connectivity index (χ3n) is 3.33. The van der Waals surface area contributed by atoms with Crippen LogP contribution in [0.2, 0.25) is 0 Å². The van der Waals surface area contributed by atoms with E-state index in [1.165, 1.54) is 27.7 Å². The zero-order valence-corrected chi connectivity index (χ0v) is 11.4. The average molecular weight is 276 g/mol. The molecule has 0 rings (SSSR count). The summed E-state index contributed by atoms with van der Waals surface area (Å²) in [5.41, 5.74) is -3.31. The lowest BCUT2D eigenvalue weighted by Crippen LogP contribution is -2.57. The topological polar surface area (TPSA) is 132 Å². The molecule has 0 aliphatic carbocycles. The Morgan fingerprint density at radius 3 is 1.58 bits per heavy atom. The summed E-state index contributed by atoms with van der Waals surface area (Å²) in [4.78, 5) is 33.9. The van der Waals surface area contributed by atoms with Gasteiger partial charge in [0, 0.05) is 0 Å². The fourth-order valence-corrected chi connectivity index (χ4v) is 2.53. The summed E-state index contributed by atoms with van der Waals surface area (Å²) < 4.78 is 0. The van der Waals surface area contributed by atoms with Gasteiger partial charge >= 0.3 is 17.9 Å². The second kappa shape index (κ2) is 5.56. The molecule has 0 bridgehead atoms. The van der Waals surface area contributed by atoms with Crippen molar-refractivity contribution in [3.05, 3.63) is 0 Å². The number of carbonyl (C=O) groups is 3.